The fourth-order valence-corrected chi connectivity index (χ4v) is 2.72. The van der Waals surface area contributed by atoms with Crippen molar-refractivity contribution in [1.82, 2.24) is 14.4 Å². The van der Waals surface area contributed by atoms with Crippen LogP contribution >= 0.6 is 0 Å². The summed E-state index contributed by atoms with van der Waals surface area (Å²) in [6, 6.07) is 16.5. The maximum atomic E-state index is 12.5. The van der Waals surface area contributed by atoms with Crippen molar-refractivity contribution < 1.29 is 9.53 Å². The van der Waals surface area contributed by atoms with Gasteiger partial charge < -0.3 is 10.1 Å². The lowest BCUT2D eigenvalue weighted by Gasteiger charge is -2.11. The Kier molecular flexibility index (Phi) is 4.07. The summed E-state index contributed by atoms with van der Waals surface area (Å²) in [5.41, 5.74) is 2.79. The van der Waals surface area contributed by atoms with E-state index in [0.717, 1.165) is 11.3 Å². The van der Waals surface area contributed by atoms with Gasteiger partial charge in [0.2, 0.25) is 5.78 Å². The third-order valence-corrected chi connectivity index (χ3v) is 4.01. The monoisotopic (exact) mass is 344 g/mol. The fourth-order valence-electron chi connectivity index (χ4n) is 2.72. The van der Waals surface area contributed by atoms with Crippen LogP contribution in [0, 0.1) is 0 Å². The van der Waals surface area contributed by atoms with Gasteiger partial charge in [0.05, 0.1) is 18.5 Å². The molecule has 1 N–H and O–H groups in total. The maximum Gasteiger partial charge on any atom is 0.255 e. The molecular weight excluding hydrogens is 328 g/mol. The lowest BCUT2D eigenvalue weighted by Crippen LogP contribution is -2.12. The van der Waals surface area contributed by atoms with Gasteiger partial charge in [0.25, 0.3) is 5.91 Å². The van der Waals surface area contributed by atoms with Crippen molar-refractivity contribution >= 4 is 17.4 Å². The smallest absolute Gasteiger partial charge is 0.255 e. The Balaban J connectivity index is 1.70. The molecule has 0 aliphatic carbocycles. The fraction of sp³-hybridized carbons (Fsp3) is 0.0500. The van der Waals surface area contributed by atoms with Crippen molar-refractivity contribution in [2.24, 2.45) is 0 Å². The minimum atomic E-state index is -0.197. The molecule has 0 radical (unpaired) electrons. The molecule has 2 heterocycles. The Labute approximate surface area is 150 Å². The zero-order valence-electron chi connectivity index (χ0n) is 14.1. The van der Waals surface area contributed by atoms with Crippen molar-refractivity contribution in [3.05, 3.63) is 78.8 Å². The normalized spacial score (nSPS) is 10.7. The average Bonchev–Trinajstić information content (AvgIpc) is 3.13. The van der Waals surface area contributed by atoms with Crippen LogP contribution in [0.4, 0.5) is 5.69 Å². The molecule has 4 rings (SSSR count). The average molecular weight is 344 g/mol. The number of amides is 1. The highest BCUT2D eigenvalue weighted by Gasteiger charge is 2.12. The van der Waals surface area contributed by atoms with E-state index in [-0.39, 0.29) is 5.91 Å². The van der Waals surface area contributed by atoms with E-state index in [1.54, 1.807) is 25.4 Å². The highest BCUT2D eigenvalue weighted by atomic mass is 16.5. The Morgan fingerprint density at radius 3 is 2.73 bits per heavy atom. The summed E-state index contributed by atoms with van der Waals surface area (Å²) in [5, 5.41) is 2.91. The number of nitrogens with zero attached hydrogens (tertiary/aromatic N) is 3. The molecule has 2 aromatic heterocycles. The van der Waals surface area contributed by atoms with Crippen LogP contribution in [0.15, 0.2) is 73.2 Å². The quantitative estimate of drug-likeness (QED) is 0.613. The van der Waals surface area contributed by atoms with Crippen LogP contribution < -0.4 is 10.1 Å². The van der Waals surface area contributed by atoms with Crippen molar-refractivity contribution in [2.45, 2.75) is 0 Å². The van der Waals surface area contributed by atoms with E-state index in [4.69, 9.17) is 4.74 Å². The number of anilines is 1. The summed E-state index contributed by atoms with van der Waals surface area (Å²) < 4.78 is 7.23. The molecule has 1 amide bonds. The van der Waals surface area contributed by atoms with E-state index in [0.29, 0.717) is 22.8 Å². The topological polar surface area (TPSA) is 68.5 Å². The molecule has 26 heavy (non-hydrogen) atoms. The van der Waals surface area contributed by atoms with Gasteiger partial charge in [-0.25, -0.2) is 9.97 Å². The van der Waals surface area contributed by atoms with Gasteiger partial charge in [-0.3, -0.25) is 9.20 Å². The molecule has 0 fully saturated rings. The molecule has 0 bridgehead atoms. The van der Waals surface area contributed by atoms with Gasteiger partial charge in [0.15, 0.2) is 0 Å². The highest BCUT2D eigenvalue weighted by molar-refractivity contribution is 6.05. The van der Waals surface area contributed by atoms with Gasteiger partial charge in [-0.15, -0.1) is 0 Å². The molecule has 0 saturated heterocycles. The van der Waals surface area contributed by atoms with E-state index < -0.39 is 0 Å². The molecule has 128 valence electrons. The second-order valence-electron chi connectivity index (χ2n) is 5.69. The van der Waals surface area contributed by atoms with Gasteiger partial charge in [0.1, 0.15) is 5.75 Å². The van der Waals surface area contributed by atoms with Crippen LogP contribution in [0.5, 0.6) is 5.75 Å². The number of rotatable bonds is 4. The first-order valence-electron chi connectivity index (χ1n) is 8.09. The Bertz CT molecular complexity index is 1040. The summed E-state index contributed by atoms with van der Waals surface area (Å²) in [4.78, 5) is 21.2. The summed E-state index contributed by atoms with van der Waals surface area (Å²) in [5.74, 6) is 1.01. The molecule has 0 aliphatic heterocycles. The van der Waals surface area contributed by atoms with E-state index in [1.165, 1.54) is 0 Å². The Morgan fingerprint density at radius 2 is 1.96 bits per heavy atom. The number of aromatic nitrogens is 3. The number of imidazole rings is 1. The minimum absolute atomic E-state index is 0.197. The van der Waals surface area contributed by atoms with Crippen LogP contribution in [-0.2, 0) is 0 Å². The first-order valence-corrected chi connectivity index (χ1v) is 8.09. The molecule has 0 atom stereocenters. The zero-order valence-corrected chi connectivity index (χ0v) is 14.1. The molecule has 2 aromatic carbocycles. The van der Waals surface area contributed by atoms with Crippen molar-refractivity contribution in [3.8, 4) is 17.0 Å². The standard InChI is InChI=1S/C20H16N4O2/c1-26-18-9-8-15(17-13-24-11-5-10-21-20(24)23-17)12-16(18)22-19(25)14-6-3-2-4-7-14/h2-13H,1H3,(H,22,25). The second-order valence-corrected chi connectivity index (χ2v) is 5.69. The Hall–Kier alpha value is -3.67. The lowest BCUT2D eigenvalue weighted by atomic mass is 10.1. The molecule has 0 spiro atoms. The minimum Gasteiger partial charge on any atom is -0.495 e. The molecule has 6 nitrogen and oxygen atoms in total. The van der Waals surface area contributed by atoms with Crippen molar-refractivity contribution in [3.63, 3.8) is 0 Å². The number of hydrogen-bond donors (Lipinski definition) is 1. The number of nitrogens with one attached hydrogen (secondary N) is 1. The first kappa shape index (κ1) is 15.8. The third kappa shape index (κ3) is 3.00. The van der Waals surface area contributed by atoms with E-state index >= 15 is 0 Å². The van der Waals surface area contributed by atoms with E-state index in [1.807, 2.05) is 59.3 Å². The first-order chi connectivity index (χ1) is 12.7. The summed E-state index contributed by atoms with van der Waals surface area (Å²) >= 11 is 0. The van der Waals surface area contributed by atoms with Crippen LogP contribution in [0.2, 0.25) is 0 Å². The van der Waals surface area contributed by atoms with Gasteiger partial charge in [-0.1, -0.05) is 18.2 Å². The number of fused-ring (bicyclic) bond motifs is 1. The maximum absolute atomic E-state index is 12.5. The van der Waals surface area contributed by atoms with Crippen molar-refractivity contribution in [1.29, 1.82) is 0 Å². The predicted octanol–water partition coefficient (Wildman–Crippen LogP) is 3.66. The third-order valence-electron chi connectivity index (χ3n) is 4.01. The largest absolute Gasteiger partial charge is 0.495 e. The van der Waals surface area contributed by atoms with Crippen LogP contribution in [-0.4, -0.2) is 27.4 Å². The molecule has 0 saturated carbocycles. The molecule has 0 aliphatic rings. The number of ether oxygens (including phenoxy) is 1. The predicted molar refractivity (Wildman–Crippen MR) is 99.4 cm³/mol. The zero-order chi connectivity index (χ0) is 17.9. The summed E-state index contributed by atoms with van der Waals surface area (Å²) in [6.45, 7) is 0. The highest BCUT2D eigenvalue weighted by Crippen LogP contribution is 2.30. The van der Waals surface area contributed by atoms with Crippen molar-refractivity contribution in [2.75, 3.05) is 12.4 Å². The van der Waals surface area contributed by atoms with Gasteiger partial charge in [-0.2, -0.15) is 0 Å². The van der Waals surface area contributed by atoms with E-state index in [9.17, 15) is 4.79 Å². The summed E-state index contributed by atoms with van der Waals surface area (Å²) in [6.07, 6.45) is 5.49. The SMILES string of the molecule is COc1ccc(-c2cn3cccnc3n2)cc1NC(=O)c1ccccc1. The number of carbonyl (C=O) groups is 1. The van der Waals surface area contributed by atoms with Gasteiger partial charge in [0, 0.05) is 29.7 Å². The second kappa shape index (κ2) is 6.68. The van der Waals surface area contributed by atoms with Gasteiger partial charge in [-0.05, 0) is 36.4 Å². The lowest BCUT2D eigenvalue weighted by molar-refractivity contribution is 0.102. The van der Waals surface area contributed by atoms with Crippen LogP contribution in [0.3, 0.4) is 0 Å². The molecular formula is C20H16N4O2. The van der Waals surface area contributed by atoms with Crippen LogP contribution in [0.1, 0.15) is 10.4 Å². The molecule has 4 aromatic rings. The number of hydrogen-bond acceptors (Lipinski definition) is 4. The van der Waals surface area contributed by atoms with E-state index in [2.05, 4.69) is 15.3 Å². The summed E-state index contributed by atoms with van der Waals surface area (Å²) in [7, 11) is 1.57. The number of carbonyl (C=O) groups excluding carboxylic acids is 1. The number of benzene rings is 2. The molecule has 0 unspecified atom stereocenters. The molecule has 6 heteroatoms. The van der Waals surface area contributed by atoms with Gasteiger partial charge >= 0.3 is 0 Å². The van der Waals surface area contributed by atoms with Crippen LogP contribution in [0.25, 0.3) is 17.0 Å². The Morgan fingerprint density at radius 1 is 1.12 bits per heavy atom. The number of methoxy groups -OCH3 is 1.